The van der Waals surface area contributed by atoms with Crippen molar-refractivity contribution in [3.8, 4) is 0 Å². The van der Waals surface area contributed by atoms with Gasteiger partial charge in [-0.05, 0) is 62.1 Å². The van der Waals surface area contributed by atoms with E-state index in [0.717, 1.165) is 44.5 Å². The quantitative estimate of drug-likeness (QED) is 0.215. The van der Waals surface area contributed by atoms with E-state index in [1.54, 1.807) is 33.6 Å². The van der Waals surface area contributed by atoms with Gasteiger partial charge >= 0.3 is 0 Å². The number of aliphatic hydroxyl groups is 1. The Balaban J connectivity index is 1.26. The number of benzene rings is 2. The van der Waals surface area contributed by atoms with E-state index in [2.05, 4.69) is 23.9 Å². The number of halogens is 1. The van der Waals surface area contributed by atoms with Crippen LogP contribution in [0.5, 0.6) is 0 Å². The van der Waals surface area contributed by atoms with Crippen molar-refractivity contribution >= 4 is 44.9 Å². The van der Waals surface area contributed by atoms with E-state index in [-0.39, 0.29) is 31.5 Å². The number of pyridine rings is 1. The molecule has 0 radical (unpaired) electrons. The second kappa shape index (κ2) is 11.8. The van der Waals surface area contributed by atoms with Gasteiger partial charge in [-0.1, -0.05) is 38.1 Å². The van der Waals surface area contributed by atoms with E-state index < -0.39 is 11.8 Å². The van der Waals surface area contributed by atoms with E-state index >= 15 is 0 Å². The Bertz CT molecular complexity index is 2010. The predicted octanol–water partition coefficient (Wildman–Crippen LogP) is 5.66. The summed E-state index contributed by atoms with van der Waals surface area (Å²) >= 11 is 0. The molecule has 46 heavy (non-hydrogen) atoms. The van der Waals surface area contributed by atoms with Crippen LogP contribution in [0.3, 0.4) is 0 Å². The summed E-state index contributed by atoms with van der Waals surface area (Å²) in [6.07, 6.45) is 2.96. The summed E-state index contributed by atoms with van der Waals surface area (Å²) in [6.45, 7) is 9.96. The number of amides is 1. The summed E-state index contributed by atoms with van der Waals surface area (Å²) in [5.74, 6) is -0.126. The molecule has 1 aliphatic heterocycles. The second-order valence-electron chi connectivity index (χ2n) is 12.8. The lowest BCUT2D eigenvalue weighted by atomic mass is 9.92. The van der Waals surface area contributed by atoms with Crippen LogP contribution in [0.4, 0.5) is 10.1 Å². The molecule has 1 amide bonds. The fraction of sp³-hybridized carbons (Fsp3) is 0.343. The maximum atomic E-state index is 13.8. The van der Waals surface area contributed by atoms with E-state index in [1.165, 1.54) is 11.8 Å². The molecule has 1 atom stereocenters. The van der Waals surface area contributed by atoms with Gasteiger partial charge in [0.1, 0.15) is 5.67 Å². The molecule has 11 heteroatoms. The van der Waals surface area contributed by atoms with Crippen molar-refractivity contribution in [2.45, 2.75) is 52.9 Å². The van der Waals surface area contributed by atoms with Crippen LogP contribution in [0.2, 0.25) is 0 Å². The molecule has 2 aromatic carbocycles. The van der Waals surface area contributed by atoms with Crippen LogP contribution < -0.4 is 5.73 Å². The fourth-order valence-electron chi connectivity index (χ4n) is 6.20. The molecule has 6 rings (SSSR count). The minimum Gasteiger partial charge on any atom is -0.398 e. The Morgan fingerprint density at radius 2 is 1.85 bits per heavy atom. The number of aliphatic hydroxyl groups excluding tert-OH is 1. The van der Waals surface area contributed by atoms with Gasteiger partial charge in [0, 0.05) is 52.7 Å². The molecule has 4 heterocycles. The van der Waals surface area contributed by atoms with Crippen LogP contribution in [0.15, 0.2) is 71.5 Å². The lowest BCUT2D eigenvalue weighted by molar-refractivity contribution is -0.00786. The molecule has 3 aromatic heterocycles. The first-order valence-electron chi connectivity index (χ1n) is 15.4. The lowest BCUT2D eigenvalue weighted by Crippen LogP contribution is -2.59. The smallest absolute Gasteiger partial charge is 0.254 e. The maximum absolute atomic E-state index is 13.8. The number of nitrogens with zero attached hydrogens (tertiary/aromatic N) is 7. The zero-order chi connectivity index (χ0) is 32.9. The number of nitrogens with two attached hydrogens (primary N) is 1. The lowest BCUT2D eigenvalue weighted by Gasteiger charge is -2.42. The summed E-state index contributed by atoms with van der Waals surface area (Å²) in [5, 5.41) is 21.9. The van der Waals surface area contributed by atoms with Crippen molar-refractivity contribution < 1.29 is 14.3 Å². The number of likely N-dealkylation sites (tertiary alicyclic amines) is 1. The van der Waals surface area contributed by atoms with Crippen LogP contribution in [0, 0.1) is 12.8 Å². The summed E-state index contributed by atoms with van der Waals surface area (Å²) in [6, 6.07) is 14.6. The van der Waals surface area contributed by atoms with Gasteiger partial charge in [-0.15, -0.1) is 0 Å². The van der Waals surface area contributed by atoms with Gasteiger partial charge in [0.15, 0.2) is 5.65 Å². The number of hydrogen-bond acceptors (Lipinski definition) is 7. The van der Waals surface area contributed by atoms with Gasteiger partial charge in [-0.3, -0.25) is 19.2 Å². The topological polar surface area (TPSA) is 127 Å². The SMILES string of the molecule is CC(=Nc1cc2cn(C)nc2nc1C)/C(=C(\N)c1cccc2nn(CC(O)c3ccc(C(=O)N4CC(C)(F)C4)cc3)cc12)C(C)C. The molecule has 0 bridgehead atoms. The first kappa shape index (κ1) is 31.1. The highest BCUT2D eigenvalue weighted by molar-refractivity contribution is 6.08. The molecule has 3 N–H and O–H groups in total. The number of aromatic nitrogens is 5. The maximum Gasteiger partial charge on any atom is 0.254 e. The van der Waals surface area contributed by atoms with E-state index in [4.69, 9.17) is 15.8 Å². The summed E-state index contributed by atoms with van der Waals surface area (Å²) in [7, 11) is 1.87. The van der Waals surface area contributed by atoms with E-state index in [1.807, 2.05) is 57.6 Å². The van der Waals surface area contributed by atoms with Gasteiger partial charge in [-0.2, -0.15) is 10.2 Å². The summed E-state index contributed by atoms with van der Waals surface area (Å²) in [4.78, 5) is 23.7. The Morgan fingerprint density at radius 3 is 2.52 bits per heavy atom. The monoisotopic (exact) mass is 622 g/mol. The molecule has 0 aliphatic carbocycles. The largest absolute Gasteiger partial charge is 0.398 e. The van der Waals surface area contributed by atoms with E-state index in [0.29, 0.717) is 22.5 Å². The van der Waals surface area contributed by atoms with E-state index in [9.17, 15) is 14.3 Å². The third-order valence-electron chi connectivity index (χ3n) is 8.44. The van der Waals surface area contributed by atoms with Crippen LogP contribution in [0.1, 0.15) is 61.0 Å². The minimum absolute atomic E-state index is 0.0868. The number of aliphatic imine (C=N–C) groups is 1. The van der Waals surface area contributed by atoms with Crippen LogP contribution in [-0.4, -0.2) is 64.9 Å². The number of carbonyl (C=O) groups excluding carboxylic acids is 1. The van der Waals surface area contributed by atoms with Crippen molar-refractivity contribution in [3.63, 3.8) is 0 Å². The molecule has 0 spiro atoms. The van der Waals surface area contributed by atoms with Crippen LogP contribution in [-0.2, 0) is 13.6 Å². The highest BCUT2D eigenvalue weighted by Crippen LogP contribution is 2.31. The molecular weight excluding hydrogens is 583 g/mol. The molecule has 1 saturated heterocycles. The van der Waals surface area contributed by atoms with Gasteiger partial charge in [0.05, 0.1) is 42.6 Å². The second-order valence-corrected chi connectivity index (χ2v) is 12.8. The number of allylic oxidation sites excluding steroid dienone is 1. The van der Waals surface area contributed by atoms with Crippen molar-refractivity contribution in [2.75, 3.05) is 13.1 Å². The molecule has 1 aliphatic rings. The van der Waals surface area contributed by atoms with Gasteiger partial charge < -0.3 is 15.7 Å². The highest BCUT2D eigenvalue weighted by atomic mass is 19.1. The minimum atomic E-state index is -1.32. The third kappa shape index (κ3) is 6.02. The Morgan fingerprint density at radius 1 is 1.13 bits per heavy atom. The standard InChI is InChI=1S/C35H39FN8O2/c1-20(2)31(22(4)38-29-14-25-15-42(6)41-33(25)39-21(29)3)32(37)26-8-7-9-28-27(26)16-44(40-28)17-30(45)23-10-12-24(13-11-23)34(46)43-18-35(5,36)19-43/h7-16,20,30,45H,17-19,37H2,1-6H3/b32-31-,38-22?. The Kier molecular flexibility index (Phi) is 7.97. The molecule has 5 aromatic rings. The number of carbonyl (C=O) groups is 1. The molecular formula is C35H39FN8O2. The number of fused-ring (bicyclic) bond motifs is 2. The van der Waals surface area contributed by atoms with Crippen molar-refractivity contribution in [1.29, 1.82) is 0 Å². The highest BCUT2D eigenvalue weighted by Gasteiger charge is 2.41. The fourth-order valence-corrected chi connectivity index (χ4v) is 6.20. The Hall–Kier alpha value is -4.90. The Labute approximate surface area is 267 Å². The number of alkyl halides is 1. The average molecular weight is 623 g/mol. The van der Waals surface area contributed by atoms with Gasteiger partial charge in [-0.25, -0.2) is 9.37 Å². The van der Waals surface area contributed by atoms with Gasteiger partial charge in [0.25, 0.3) is 5.91 Å². The van der Waals surface area contributed by atoms with Crippen LogP contribution in [0.25, 0.3) is 27.6 Å². The normalized spacial score (nSPS) is 16.2. The number of hydrogen-bond donors (Lipinski definition) is 2. The molecule has 0 saturated carbocycles. The first-order valence-corrected chi connectivity index (χ1v) is 15.4. The van der Waals surface area contributed by atoms with Crippen molar-refractivity contribution in [3.05, 3.63) is 88.9 Å². The number of rotatable bonds is 8. The third-order valence-corrected chi connectivity index (χ3v) is 8.44. The van der Waals surface area contributed by atoms with Crippen molar-refractivity contribution in [1.82, 2.24) is 29.4 Å². The first-order chi connectivity index (χ1) is 21.8. The molecule has 1 unspecified atom stereocenters. The average Bonchev–Trinajstić information content (AvgIpc) is 3.56. The summed E-state index contributed by atoms with van der Waals surface area (Å²) in [5.41, 5.74) is 12.9. The molecule has 1 fully saturated rings. The molecule has 10 nitrogen and oxygen atoms in total. The zero-order valence-corrected chi connectivity index (χ0v) is 27.0. The molecule has 238 valence electrons. The predicted molar refractivity (Wildman–Crippen MR) is 179 cm³/mol. The summed E-state index contributed by atoms with van der Waals surface area (Å²) < 4.78 is 17.3. The van der Waals surface area contributed by atoms with Gasteiger partial charge in [0.2, 0.25) is 0 Å². The zero-order valence-electron chi connectivity index (χ0n) is 27.0. The number of aryl methyl sites for hydroxylation is 2. The van der Waals surface area contributed by atoms with Crippen molar-refractivity contribution in [2.24, 2.45) is 23.7 Å². The van der Waals surface area contributed by atoms with Crippen LogP contribution >= 0.6 is 0 Å².